The zero-order valence-corrected chi connectivity index (χ0v) is 7.13. The summed E-state index contributed by atoms with van der Waals surface area (Å²) in [5, 5.41) is 9.14. The van der Waals surface area contributed by atoms with Gasteiger partial charge in [-0.2, -0.15) is 0 Å². The Kier molecular flexibility index (Phi) is 3.19. The number of aliphatic hydroxyl groups is 1. The first-order chi connectivity index (χ1) is 6.19. The number of hydrogen-bond acceptors (Lipinski definition) is 2. The van der Waals surface area contributed by atoms with Crippen LogP contribution in [0.2, 0.25) is 0 Å². The number of aliphatic hydroxyl groups excluding tert-OH is 1. The molecule has 13 heavy (non-hydrogen) atoms. The van der Waals surface area contributed by atoms with Crippen molar-refractivity contribution in [2.24, 2.45) is 0 Å². The third kappa shape index (κ3) is 2.15. The third-order valence-electron chi connectivity index (χ3n) is 1.70. The Morgan fingerprint density at radius 1 is 1.54 bits per heavy atom. The lowest BCUT2D eigenvalue weighted by atomic mass is 10.1. The minimum Gasteiger partial charge on any atom is -0.496 e. The Morgan fingerprint density at radius 3 is 2.77 bits per heavy atom. The molecule has 1 rings (SSSR count). The van der Waals surface area contributed by atoms with Crippen LogP contribution in [0.25, 0.3) is 0 Å². The van der Waals surface area contributed by atoms with Gasteiger partial charge in [-0.1, -0.05) is 0 Å². The summed E-state index contributed by atoms with van der Waals surface area (Å²) in [5.41, 5.74) is 0.130. The molecule has 1 unspecified atom stereocenters. The van der Waals surface area contributed by atoms with Crippen LogP contribution in [0.15, 0.2) is 18.2 Å². The second-order valence-corrected chi connectivity index (χ2v) is 2.56. The van der Waals surface area contributed by atoms with Gasteiger partial charge in [0, 0.05) is 5.56 Å². The van der Waals surface area contributed by atoms with E-state index in [1.807, 2.05) is 0 Å². The van der Waals surface area contributed by atoms with Crippen LogP contribution in [0.4, 0.5) is 8.78 Å². The van der Waals surface area contributed by atoms with Crippen molar-refractivity contribution in [3.05, 3.63) is 29.6 Å². The molecule has 0 radical (unpaired) electrons. The quantitative estimate of drug-likeness (QED) is 0.784. The molecule has 0 fully saturated rings. The van der Waals surface area contributed by atoms with Crippen LogP contribution in [0.5, 0.6) is 5.75 Å². The standard InChI is InChI=1S/C9H10F2O2/c1-13-9-3-2-6(11)4-7(9)8(12)5-10/h2-4,8,12H,5H2,1H3. The first kappa shape index (κ1) is 9.92. The highest BCUT2D eigenvalue weighted by Gasteiger charge is 2.13. The van der Waals surface area contributed by atoms with Crippen molar-refractivity contribution in [1.29, 1.82) is 0 Å². The van der Waals surface area contributed by atoms with Gasteiger partial charge in [-0.05, 0) is 18.2 Å². The SMILES string of the molecule is COc1ccc(F)cc1C(O)CF. The number of methoxy groups -OCH3 is 1. The number of halogens is 2. The van der Waals surface area contributed by atoms with E-state index in [1.54, 1.807) is 0 Å². The molecular weight excluding hydrogens is 178 g/mol. The minimum atomic E-state index is -1.33. The second-order valence-electron chi connectivity index (χ2n) is 2.56. The fourth-order valence-corrected chi connectivity index (χ4v) is 1.05. The van der Waals surface area contributed by atoms with E-state index in [4.69, 9.17) is 9.84 Å². The fraction of sp³-hybridized carbons (Fsp3) is 0.333. The Hall–Kier alpha value is -1.16. The van der Waals surface area contributed by atoms with Crippen LogP contribution in [0.3, 0.4) is 0 Å². The van der Waals surface area contributed by atoms with Gasteiger partial charge in [0.15, 0.2) is 0 Å². The van der Waals surface area contributed by atoms with Crippen molar-refractivity contribution in [2.75, 3.05) is 13.8 Å². The van der Waals surface area contributed by atoms with E-state index in [1.165, 1.54) is 19.2 Å². The average Bonchev–Trinajstić information content (AvgIpc) is 2.16. The lowest BCUT2D eigenvalue weighted by Crippen LogP contribution is -2.02. The zero-order chi connectivity index (χ0) is 9.84. The summed E-state index contributed by atoms with van der Waals surface area (Å²) < 4.78 is 29.6. The molecule has 0 aromatic heterocycles. The van der Waals surface area contributed by atoms with Crippen molar-refractivity contribution in [3.63, 3.8) is 0 Å². The van der Waals surface area contributed by atoms with E-state index in [9.17, 15) is 8.78 Å². The van der Waals surface area contributed by atoms with E-state index >= 15 is 0 Å². The zero-order valence-electron chi connectivity index (χ0n) is 7.13. The van der Waals surface area contributed by atoms with Crippen LogP contribution >= 0.6 is 0 Å². The molecule has 2 nitrogen and oxygen atoms in total. The Morgan fingerprint density at radius 2 is 2.23 bits per heavy atom. The molecule has 0 saturated heterocycles. The van der Waals surface area contributed by atoms with E-state index < -0.39 is 18.6 Å². The van der Waals surface area contributed by atoms with Crippen molar-refractivity contribution in [2.45, 2.75) is 6.10 Å². The molecule has 0 heterocycles. The summed E-state index contributed by atoms with van der Waals surface area (Å²) in [7, 11) is 1.38. The highest BCUT2D eigenvalue weighted by Crippen LogP contribution is 2.25. The van der Waals surface area contributed by atoms with Gasteiger partial charge in [0.1, 0.15) is 24.3 Å². The van der Waals surface area contributed by atoms with E-state index in [0.29, 0.717) is 0 Å². The summed E-state index contributed by atoms with van der Waals surface area (Å²) in [4.78, 5) is 0. The Labute approximate surface area is 74.8 Å². The van der Waals surface area contributed by atoms with Gasteiger partial charge >= 0.3 is 0 Å². The molecule has 0 aliphatic rings. The predicted octanol–water partition coefficient (Wildman–Crippen LogP) is 1.84. The van der Waals surface area contributed by atoms with Gasteiger partial charge in [0.25, 0.3) is 0 Å². The van der Waals surface area contributed by atoms with Crippen molar-refractivity contribution in [1.82, 2.24) is 0 Å². The summed E-state index contributed by atoms with van der Waals surface area (Å²) in [5.74, 6) is -0.241. The summed E-state index contributed by atoms with van der Waals surface area (Å²) >= 11 is 0. The number of rotatable bonds is 3. The summed E-state index contributed by atoms with van der Waals surface area (Å²) in [6, 6.07) is 3.60. The molecule has 0 saturated carbocycles. The molecule has 1 atom stereocenters. The highest BCUT2D eigenvalue weighted by molar-refractivity contribution is 5.35. The largest absolute Gasteiger partial charge is 0.496 e. The van der Waals surface area contributed by atoms with Crippen molar-refractivity contribution in [3.8, 4) is 5.75 Å². The predicted molar refractivity (Wildman–Crippen MR) is 43.9 cm³/mol. The van der Waals surface area contributed by atoms with Gasteiger partial charge in [0.2, 0.25) is 0 Å². The molecule has 4 heteroatoms. The van der Waals surface area contributed by atoms with Gasteiger partial charge in [-0.25, -0.2) is 8.78 Å². The van der Waals surface area contributed by atoms with Crippen LogP contribution in [0.1, 0.15) is 11.7 Å². The number of ether oxygens (including phenoxy) is 1. The number of hydrogen-bond donors (Lipinski definition) is 1. The van der Waals surface area contributed by atoms with Crippen LogP contribution in [0, 0.1) is 5.82 Å². The van der Waals surface area contributed by atoms with Crippen LogP contribution in [-0.4, -0.2) is 18.9 Å². The maximum Gasteiger partial charge on any atom is 0.124 e. The molecule has 0 aliphatic carbocycles. The lowest BCUT2D eigenvalue weighted by Gasteiger charge is -2.11. The lowest BCUT2D eigenvalue weighted by molar-refractivity contribution is 0.138. The average molecular weight is 188 g/mol. The van der Waals surface area contributed by atoms with Crippen molar-refractivity contribution < 1.29 is 18.6 Å². The highest BCUT2D eigenvalue weighted by atomic mass is 19.1. The molecule has 1 aromatic rings. The molecule has 1 N–H and O–H groups in total. The van der Waals surface area contributed by atoms with Crippen LogP contribution < -0.4 is 4.74 Å². The smallest absolute Gasteiger partial charge is 0.124 e. The van der Waals surface area contributed by atoms with E-state index in [2.05, 4.69) is 0 Å². The van der Waals surface area contributed by atoms with Gasteiger partial charge in [0.05, 0.1) is 7.11 Å². The first-order valence-electron chi connectivity index (χ1n) is 3.76. The maximum atomic E-state index is 12.7. The van der Waals surface area contributed by atoms with E-state index in [0.717, 1.165) is 6.07 Å². The number of benzene rings is 1. The van der Waals surface area contributed by atoms with Gasteiger partial charge in [-0.3, -0.25) is 0 Å². The summed E-state index contributed by atoms with van der Waals surface area (Å²) in [6.45, 7) is -0.959. The van der Waals surface area contributed by atoms with Crippen molar-refractivity contribution >= 4 is 0 Å². The van der Waals surface area contributed by atoms with Crippen LogP contribution in [-0.2, 0) is 0 Å². The fourth-order valence-electron chi connectivity index (χ4n) is 1.05. The molecular formula is C9H10F2O2. The first-order valence-corrected chi connectivity index (χ1v) is 3.76. The van der Waals surface area contributed by atoms with E-state index in [-0.39, 0.29) is 11.3 Å². The molecule has 1 aromatic carbocycles. The van der Waals surface area contributed by atoms with Gasteiger partial charge < -0.3 is 9.84 Å². The molecule has 72 valence electrons. The molecule has 0 bridgehead atoms. The monoisotopic (exact) mass is 188 g/mol. The Bertz CT molecular complexity index is 289. The minimum absolute atomic E-state index is 0.130. The Balaban J connectivity index is 3.07. The third-order valence-corrected chi connectivity index (χ3v) is 1.70. The molecule has 0 spiro atoms. The van der Waals surface area contributed by atoms with Gasteiger partial charge in [-0.15, -0.1) is 0 Å². The maximum absolute atomic E-state index is 12.7. The number of alkyl halides is 1. The normalized spacial score (nSPS) is 12.6. The molecule has 0 aliphatic heterocycles. The topological polar surface area (TPSA) is 29.5 Å². The summed E-state index contributed by atoms with van der Waals surface area (Å²) in [6.07, 6.45) is -1.33. The molecule has 0 amide bonds. The second kappa shape index (κ2) is 4.18.